The molecule has 0 unspecified atom stereocenters. The largest absolute Gasteiger partial charge is 0.346 e. The summed E-state index contributed by atoms with van der Waals surface area (Å²) >= 11 is 0. The minimum absolute atomic E-state index is 0.0754. The van der Waals surface area contributed by atoms with E-state index in [1.807, 2.05) is 75.4 Å². The van der Waals surface area contributed by atoms with Crippen molar-refractivity contribution in [3.05, 3.63) is 82.9 Å². The molecule has 24 heavy (non-hydrogen) atoms. The Balaban J connectivity index is 1.81. The fourth-order valence-corrected chi connectivity index (χ4v) is 2.93. The SMILES string of the molecule is Cc1cccc(CNC(=O)c2cc(C)n(-c3ccccc3)c2C)n1. The molecule has 1 aromatic carbocycles. The van der Waals surface area contributed by atoms with E-state index in [1.165, 1.54) is 0 Å². The maximum atomic E-state index is 12.6. The molecule has 0 aliphatic rings. The number of para-hydroxylation sites is 1. The van der Waals surface area contributed by atoms with E-state index in [-0.39, 0.29) is 5.91 Å². The van der Waals surface area contributed by atoms with Gasteiger partial charge in [-0.25, -0.2) is 0 Å². The standard InChI is InChI=1S/C20H21N3O/c1-14-8-7-9-17(22-14)13-21-20(24)19-12-15(2)23(16(19)3)18-10-5-4-6-11-18/h4-12H,13H2,1-3H3,(H,21,24). The van der Waals surface area contributed by atoms with Crippen molar-refractivity contribution < 1.29 is 4.79 Å². The van der Waals surface area contributed by atoms with E-state index in [9.17, 15) is 4.79 Å². The summed E-state index contributed by atoms with van der Waals surface area (Å²) in [6.07, 6.45) is 0. The summed E-state index contributed by atoms with van der Waals surface area (Å²) in [4.78, 5) is 17.0. The van der Waals surface area contributed by atoms with Crippen molar-refractivity contribution in [3.63, 3.8) is 0 Å². The number of nitrogens with one attached hydrogen (secondary N) is 1. The van der Waals surface area contributed by atoms with Gasteiger partial charge in [-0.15, -0.1) is 0 Å². The summed E-state index contributed by atoms with van der Waals surface area (Å²) in [6, 6.07) is 17.8. The molecule has 0 aliphatic heterocycles. The first-order valence-electron chi connectivity index (χ1n) is 8.01. The van der Waals surface area contributed by atoms with Crippen LogP contribution in [0.25, 0.3) is 5.69 Å². The molecular formula is C20H21N3O. The molecule has 4 nitrogen and oxygen atoms in total. The van der Waals surface area contributed by atoms with Crippen LogP contribution in [-0.2, 0) is 6.54 Å². The Morgan fingerprint density at radius 2 is 1.79 bits per heavy atom. The molecule has 0 bridgehead atoms. The van der Waals surface area contributed by atoms with Gasteiger partial charge in [-0.2, -0.15) is 0 Å². The van der Waals surface area contributed by atoms with Gasteiger partial charge in [0.2, 0.25) is 0 Å². The number of hydrogen-bond donors (Lipinski definition) is 1. The summed E-state index contributed by atoms with van der Waals surface area (Å²) in [5.74, 6) is -0.0754. The molecule has 2 heterocycles. The van der Waals surface area contributed by atoms with Crippen molar-refractivity contribution in [3.8, 4) is 5.69 Å². The van der Waals surface area contributed by atoms with Gasteiger partial charge in [-0.05, 0) is 51.1 Å². The quantitative estimate of drug-likeness (QED) is 0.796. The topological polar surface area (TPSA) is 46.9 Å². The predicted octanol–water partition coefficient (Wildman–Crippen LogP) is 3.73. The highest BCUT2D eigenvalue weighted by Crippen LogP contribution is 2.20. The van der Waals surface area contributed by atoms with Crippen molar-refractivity contribution in [2.75, 3.05) is 0 Å². The Labute approximate surface area is 142 Å². The zero-order chi connectivity index (χ0) is 17.1. The highest BCUT2D eigenvalue weighted by atomic mass is 16.1. The zero-order valence-electron chi connectivity index (χ0n) is 14.2. The predicted molar refractivity (Wildman–Crippen MR) is 95.4 cm³/mol. The van der Waals surface area contributed by atoms with Crippen LogP contribution >= 0.6 is 0 Å². The minimum atomic E-state index is -0.0754. The van der Waals surface area contributed by atoms with Gasteiger partial charge in [0.25, 0.3) is 5.91 Å². The number of carbonyl (C=O) groups is 1. The van der Waals surface area contributed by atoms with E-state index in [4.69, 9.17) is 0 Å². The fourth-order valence-electron chi connectivity index (χ4n) is 2.93. The van der Waals surface area contributed by atoms with Gasteiger partial charge in [-0.3, -0.25) is 9.78 Å². The van der Waals surface area contributed by atoms with Crippen LogP contribution in [0.3, 0.4) is 0 Å². The van der Waals surface area contributed by atoms with Crippen LogP contribution in [0, 0.1) is 20.8 Å². The van der Waals surface area contributed by atoms with Crippen LogP contribution in [0.15, 0.2) is 54.6 Å². The van der Waals surface area contributed by atoms with E-state index in [0.29, 0.717) is 12.1 Å². The fraction of sp³-hybridized carbons (Fsp3) is 0.200. The first-order valence-corrected chi connectivity index (χ1v) is 8.01. The van der Waals surface area contributed by atoms with E-state index >= 15 is 0 Å². The minimum Gasteiger partial charge on any atom is -0.346 e. The van der Waals surface area contributed by atoms with Crippen LogP contribution < -0.4 is 5.32 Å². The van der Waals surface area contributed by atoms with Gasteiger partial charge in [0.1, 0.15) is 0 Å². The van der Waals surface area contributed by atoms with Crippen LogP contribution in [-0.4, -0.2) is 15.5 Å². The maximum Gasteiger partial charge on any atom is 0.253 e. The summed E-state index contributed by atoms with van der Waals surface area (Å²) in [6.45, 7) is 6.35. The van der Waals surface area contributed by atoms with Gasteiger partial charge in [0.15, 0.2) is 0 Å². The lowest BCUT2D eigenvalue weighted by atomic mass is 10.2. The Morgan fingerprint density at radius 1 is 1.04 bits per heavy atom. The third kappa shape index (κ3) is 3.23. The Hall–Kier alpha value is -2.88. The van der Waals surface area contributed by atoms with E-state index in [2.05, 4.69) is 14.9 Å². The van der Waals surface area contributed by atoms with E-state index in [0.717, 1.165) is 28.5 Å². The number of nitrogens with zero attached hydrogens (tertiary/aromatic N) is 2. The normalized spacial score (nSPS) is 10.6. The Morgan fingerprint density at radius 3 is 2.50 bits per heavy atom. The first kappa shape index (κ1) is 16.0. The third-order valence-electron chi connectivity index (χ3n) is 4.07. The molecule has 1 N–H and O–H groups in total. The summed E-state index contributed by atoms with van der Waals surface area (Å²) in [5.41, 5.74) is 5.55. The van der Waals surface area contributed by atoms with Gasteiger partial charge in [0, 0.05) is 22.8 Å². The molecule has 0 saturated heterocycles. The Bertz CT molecular complexity index is 866. The average Bonchev–Trinajstić information content (AvgIpc) is 2.88. The number of hydrogen-bond acceptors (Lipinski definition) is 2. The third-order valence-corrected chi connectivity index (χ3v) is 4.07. The molecular weight excluding hydrogens is 298 g/mol. The second-order valence-corrected chi connectivity index (χ2v) is 5.91. The van der Waals surface area contributed by atoms with Crippen LogP contribution in [0.1, 0.15) is 33.1 Å². The van der Waals surface area contributed by atoms with Crippen molar-refractivity contribution in [2.45, 2.75) is 27.3 Å². The second-order valence-electron chi connectivity index (χ2n) is 5.91. The van der Waals surface area contributed by atoms with Crippen molar-refractivity contribution in [1.29, 1.82) is 0 Å². The average molecular weight is 319 g/mol. The number of pyridine rings is 1. The van der Waals surface area contributed by atoms with Gasteiger partial charge < -0.3 is 9.88 Å². The number of carbonyl (C=O) groups excluding carboxylic acids is 1. The number of benzene rings is 1. The van der Waals surface area contributed by atoms with Crippen molar-refractivity contribution in [1.82, 2.24) is 14.9 Å². The first-order chi connectivity index (χ1) is 11.6. The summed E-state index contributed by atoms with van der Waals surface area (Å²) in [7, 11) is 0. The van der Waals surface area contributed by atoms with Crippen LogP contribution in [0.2, 0.25) is 0 Å². The lowest BCUT2D eigenvalue weighted by molar-refractivity contribution is 0.0950. The maximum absolute atomic E-state index is 12.6. The summed E-state index contributed by atoms with van der Waals surface area (Å²) in [5, 5.41) is 2.96. The molecule has 0 fully saturated rings. The van der Waals surface area contributed by atoms with Gasteiger partial charge in [0.05, 0.1) is 17.8 Å². The lowest BCUT2D eigenvalue weighted by Gasteiger charge is -2.10. The van der Waals surface area contributed by atoms with E-state index in [1.54, 1.807) is 0 Å². The Kier molecular flexibility index (Phi) is 4.47. The molecule has 0 spiro atoms. The smallest absolute Gasteiger partial charge is 0.253 e. The molecule has 0 aliphatic carbocycles. The molecule has 4 heteroatoms. The molecule has 0 radical (unpaired) electrons. The van der Waals surface area contributed by atoms with Gasteiger partial charge >= 0.3 is 0 Å². The molecule has 122 valence electrons. The summed E-state index contributed by atoms with van der Waals surface area (Å²) < 4.78 is 2.10. The molecule has 0 atom stereocenters. The molecule has 1 amide bonds. The monoisotopic (exact) mass is 319 g/mol. The van der Waals surface area contributed by atoms with Crippen molar-refractivity contribution in [2.24, 2.45) is 0 Å². The lowest BCUT2D eigenvalue weighted by Crippen LogP contribution is -2.23. The molecule has 3 aromatic rings. The highest BCUT2D eigenvalue weighted by molar-refractivity contribution is 5.95. The number of amides is 1. The molecule has 3 rings (SSSR count). The zero-order valence-corrected chi connectivity index (χ0v) is 14.2. The number of rotatable bonds is 4. The van der Waals surface area contributed by atoms with E-state index < -0.39 is 0 Å². The van der Waals surface area contributed by atoms with Crippen LogP contribution in [0.5, 0.6) is 0 Å². The highest BCUT2D eigenvalue weighted by Gasteiger charge is 2.16. The van der Waals surface area contributed by atoms with Crippen molar-refractivity contribution >= 4 is 5.91 Å². The van der Waals surface area contributed by atoms with Crippen LogP contribution in [0.4, 0.5) is 0 Å². The van der Waals surface area contributed by atoms with Gasteiger partial charge in [-0.1, -0.05) is 24.3 Å². The number of aryl methyl sites for hydroxylation is 2. The molecule has 2 aromatic heterocycles. The second kappa shape index (κ2) is 6.71. The molecule has 0 saturated carbocycles. The number of aromatic nitrogens is 2.